The highest BCUT2D eigenvalue weighted by Gasteiger charge is 2.19. The Morgan fingerprint density at radius 2 is 2.31 bits per heavy atom. The third kappa shape index (κ3) is 2.85. The molecule has 0 aromatic carbocycles. The molecule has 16 heavy (non-hydrogen) atoms. The molecule has 0 aliphatic carbocycles. The maximum atomic E-state index is 5.70. The lowest BCUT2D eigenvalue weighted by Crippen LogP contribution is -2.11. The molecule has 1 aliphatic rings. The van der Waals surface area contributed by atoms with E-state index in [1.807, 2.05) is 6.92 Å². The quantitative estimate of drug-likeness (QED) is 0.849. The number of hydrogen-bond donors (Lipinski definition) is 1. The molecular weight excluding hydrogens is 200 g/mol. The smallest absolute Gasteiger partial charge is 0.194 e. The zero-order valence-electron chi connectivity index (χ0n) is 10.5. The molecule has 1 unspecified atom stereocenters. The molecule has 1 aromatic heterocycles. The van der Waals surface area contributed by atoms with Crippen molar-refractivity contribution in [3.63, 3.8) is 0 Å². The minimum atomic E-state index is 0.610. The molecule has 3 heteroatoms. The molecule has 0 saturated carbocycles. The SMILES string of the molecule is Cc1oc(CC(C)C)nc1CC1CCNC1. The van der Waals surface area contributed by atoms with Crippen molar-refractivity contribution in [1.29, 1.82) is 0 Å². The van der Waals surface area contributed by atoms with Crippen molar-refractivity contribution in [2.24, 2.45) is 11.8 Å². The number of aromatic nitrogens is 1. The molecule has 2 rings (SSSR count). The molecule has 1 aromatic rings. The summed E-state index contributed by atoms with van der Waals surface area (Å²) in [5.41, 5.74) is 1.17. The third-order valence-electron chi connectivity index (χ3n) is 3.16. The van der Waals surface area contributed by atoms with E-state index >= 15 is 0 Å². The molecule has 0 spiro atoms. The normalized spacial score (nSPS) is 20.9. The molecule has 2 heterocycles. The van der Waals surface area contributed by atoms with Gasteiger partial charge in [-0.25, -0.2) is 4.98 Å². The van der Waals surface area contributed by atoms with Crippen LogP contribution >= 0.6 is 0 Å². The summed E-state index contributed by atoms with van der Waals surface area (Å²) in [4.78, 5) is 4.62. The fraction of sp³-hybridized carbons (Fsp3) is 0.769. The van der Waals surface area contributed by atoms with Crippen molar-refractivity contribution in [1.82, 2.24) is 10.3 Å². The van der Waals surface area contributed by atoms with Crippen molar-refractivity contribution in [2.45, 2.75) is 40.0 Å². The zero-order valence-corrected chi connectivity index (χ0v) is 10.5. The first-order valence-corrected chi connectivity index (χ1v) is 6.31. The minimum Gasteiger partial charge on any atom is -0.446 e. The summed E-state index contributed by atoms with van der Waals surface area (Å²) in [5.74, 6) is 3.28. The van der Waals surface area contributed by atoms with E-state index in [9.17, 15) is 0 Å². The maximum absolute atomic E-state index is 5.70. The molecule has 1 saturated heterocycles. The Bertz CT molecular complexity index is 338. The predicted molar refractivity (Wildman–Crippen MR) is 64.5 cm³/mol. The topological polar surface area (TPSA) is 38.1 Å². The zero-order chi connectivity index (χ0) is 11.5. The van der Waals surface area contributed by atoms with Crippen molar-refractivity contribution in [3.05, 3.63) is 17.3 Å². The van der Waals surface area contributed by atoms with Gasteiger partial charge in [0.05, 0.1) is 5.69 Å². The second-order valence-corrected chi connectivity index (χ2v) is 5.27. The van der Waals surface area contributed by atoms with Gasteiger partial charge >= 0.3 is 0 Å². The highest BCUT2D eigenvalue weighted by Crippen LogP contribution is 2.19. The van der Waals surface area contributed by atoms with E-state index in [0.717, 1.165) is 43.5 Å². The lowest BCUT2D eigenvalue weighted by molar-refractivity contribution is 0.439. The Labute approximate surface area is 97.6 Å². The van der Waals surface area contributed by atoms with Crippen LogP contribution in [0.3, 0.4) is 0 Å². The van der Waals surface area contributed by atoms with Gasteiger partial charge in [0.25, 0.3) is 0 Å². The van der Waals surface area contributed by atoms with Crippen LogP contribution in [0.25, 0.3) is 0 Å². The van der Waals surface area contributed by atoms with E-state index in [-0.39, 0.29) is 0 Å². The Morgan fingerprint density at radius 3 is 2.94 bits per heavy atom. The molecular formula is C13H22N2O. The molecule has 0 bridgehead atoms. The number of rotatable bonds is 4. The number of hydrogen-bond acceptors (Lipinski definition) is 3. The largest absolute Gasteiger partial charge is 0.446 e. The predicted octanol–water partition coefficient (Wildman–Crippen LogP) is 2.33. The average molecular weight is 222 g/mol. The van der Waals surface area contributed by atoms with Gasteiger partial charge in [0.1, 0.15) is 5.76 Å². The van der Waals surface area contributed by atoms with Gasteiger partial charge in [-0.15, -0.1) is 0 Å². The number of nitrogens with one attached hydrogen (secondary N) is 1. The molecule has 3 nitrogen and oxygen atoms in total. The summed E-state index contributed by atoms with van der Waals surface area (Å²) in [6.07, 6.45) is 3.29. The maximum Gasteiger partial charge on any atom is 0.194 e. The van der Waals surface area contributed by atoms with E-state index in [2.05, 4.69) is 24.1 Å². The van der Waals surface area contributed by atoms with Crippen molar-refractivity contribution in [3.8, 4) is 0 Å². The van der Waals surface area contributed by atoms with Gasteiger partial charge in [-0.3, -0.25) is 0 Å². The van der Waals surface area contributed by atoms with Crippen LogP contribution in [0, 0.1) is 18.8 Å². The third-order valence-corrected chi connectivity index (χ3v) is 3.16. The summed E-state index contributed by atoms with van der Waals surface area (Å²) < 4.78 is 5.70. The Balaban J connectivity index is 2.00. The lowest BCUT2D eigenvalue weighted by Gasteiger charge is -2.04. The summed E-state index contributed by atoms with van der Waals surface area (Å²) in [6.45, 7) is 8.71. The van der Waals surface area contributed by atoms with Crippen molar-refractivity contribution < 1.29 is 4.42 Å². The molecule has 0 radical (unpaired) electrons. The summed E-state index contributed by atoms with van der Waals surface area (Å²) in [6, 6.07) is 0. The number of oxazole rings is 1. The first-order chi connectivity index (χ1) is 7.65. The van der Waals surface area contributed by atoms with E-state index in [0.29, 0.717) is 5.92 Å². The van der Waals surface area contributed by atoms with Gasteiger partial charge in [-0.05, 0) is 44.7 Å². The van der Waals surface area contributed by atoms with Crippen molar-refractivity contribution in [2.75, 3.05) is 13.1 Å². The van der Waals surface area contributed by atoms with Crippen LogP contribution in [0.5, 0.6) is 0 Å². The van der Waals surface area contributed by atoms with Gasteiger partial charge in [-0.2, -0.15) is 0 Å². The fourth-order valence-corrected chi connectivity index (χ4v) is 2.28. The Kier molecular flexibility index (Phi) is 3.64. The van der Waals surface area contributed by atoms with Gasteiger partial charge in [0.2, 0.25) is 0 Å². The molecule has 1 fully saturated rings. The number of nitrogens with zero attached hydrogens (tertiary/aromatic N) is 1. The molecule has 90 valence electrons. The molecule has 1 N–H and O–H groups in total. The minimum absolute atomic E-state index is 0.610. The van der Waals surface area contributed by atoms with Crippen LogP contribution in [-0.4, -0.2) is 18.1 Å². The van der Waals surface area contributed by atoms with Crippen LogP contribution < -0.4 is 5.32 Å². The molecule has 1 aliphatic heterocycles. The van der Waals surface area contributed by atoms with Crippen LogP contribution in [0.4, 0.5) is 0 Å². The first-order valence-electron chi connectivity index (χ1n) is 6.31. The highest BCUT2D eigenvalue weighted by atomic mass is 16.4. The van der Waals surface area contributed by atoms with Gasteiger partial charge < -0.3 is 9.73 Å². The fourth-order valence-electron chi connectivity index (χ4n) is 2.28. The Hall–Kier alpha value is -0.830. The summed E-state index contributed by atoms with van der Waals surface area (Å²) >= 11 is 0. The van der Waals surface area contributed by atoms with Crippen LogP contribution in [0.15, 0.2) is 4.42 Å². The molecule has 1 atom stereocenters. The first kappa shape index (κ1) is 11.6. The average Bonchev–Trinajstić information content (AvgIpc) is 2.77. The van der Waals surface area contributed by atoms with E-state index in [4.69, 9.17) is 4.42 Å². The van der Waals surface area contributed by atoms with Crippen LogP contribution in [0.2, 0.25) is 0 Å². The second-order valence-electron chi connectivity index (χ2n) is 5.27. The standard InChI is InChI=1S/C13H22N2O/c1-9(2)6-13-15-12(10(3)16-13)7-11-4-5-14-8-11/h9,11,14H,4-8H2,1-3H3. The molecule has 0 amide bonds. The second kappa shape index (κ2) is 5.00. The summed E-state index contributed by atoms with van der Waals surface area (Å²) in [5, 5.41) is 3.39. The Morgan fingerprint density at radius 1 is 1.50 bits per heavy atom. The van der Waals surface area contributed by atoms with Gasteiger partial charge in [-0.1, -0.05) is 13.8 Å². The van der Waals surface area contributed by atoms with E-state index in [1.54, 1.807) is 0 Å². The van der Waals surface area contributed by atoms with Crippen LogP contribution in [-0.2, 0) is 12.8 Å². The monoisotopic (exact) mass is 222 g/mol. The highest BCUT2D eigenvalue weighted by molar-refractivity contribution is 5.10. The van der Waals surface area contributed by atoms with Gasteiger partial charge in [0.15, 0.2) is 5.89 Å². The summed E-state index contributed by atoms with van der Waals surface area (Å²) in [7, 11) is 0. The van der Waals surface area contributed by atoms with E-state index in [1.165, 1.54) is 12.1 Å². The number of aryl methyl sites for hydroxylation is 1. The van der Waals surface area contributed by atoms with Gasteiger partial charge in [0, 0.05) is 6.42 Å². The van der Waals surface area contributed by atoms with Crippen LogP contribution in [0.1, 0.15) is 37.6 Å². The van der Waals surface area contributed by atoms with E-state index < -0.39 is 0 Å². The van der Waals surface area contributed by atoms with Crippen molar-refractivity contribution >= 4 is 0 Å². The lowest BCUT2D eigenvalue weighted by atomic mass is 10.0.